The van der Waals surface area contributed by atoms with Gasteiger partial charge in [0.05, 0.1) is 0 Å². The maximum atomic E-state index is 12.4. The van der Waals surface area contributed by atoms with Gasteiger partial charge >= 0.3 is 0 Å². The van der Waals surface area contributed by atoms with E-state index in [9.17, 15) is 4.79 Å². The van der Waals surface area contributed by atoms with Crippen LogP contribution in [0.25, 0.3) is 0 Å². The Morgan fingerprint density at radius 2 is 1.30 bits per heavy atom. The minimum atomic E-state index is 0.101. The van der Waals surface area contributed by atoms with Crippen LogP contribution in [0.5, 0.6) is 0 Å². The fourth-order valence-electron chi connectivity index (χ4n) is 2.32. The first-order valence-electron chi connectivity index (χ1n) is 7.32. The van der Waals surface area contributed by atoms with E-state index >= 15 is 0 Å². The molecule has 0 N–H and O–H groups in total. The fraction of sp³-hybridized carbons (Fsp3) is 0.316. The van der Waals surface area contributed by atoms with Gasteiger partial charge in [-0.05, 0) is 29.9 Å². The van der Waals surface area contributed by atoms with Crippen molar-refractivity contribution in [3.05, 3.63) is 70.8 Å². The Bertz CT molecular complexity index is 562. The van der Waals surface area contributed by atoms with Crippen LogP contribution in [-0.4, -0.2) is 5.78 Å². The molecule has 0 atom stereocenters. The molecule has 0 fully saturated rings. The number of carbonyl (C=O) groups is 1. The number of benzene rings is 2. The molecule has 2 aromatic carbocycles. The van der Waals surface area contributed by atoms with Crippen LogP contribution in [0.4, 0.5) is 0 Å². The first kappa shape index (κ1) is 14.5. The fourth-order valence-corrected chi connectivity index (χ4v) is 2.32. The Hall–Kier alpha value is -1.89. The van der Waals surface area contributed by atoms with Crippen LogP contribution < -0.4 is 0 Å². The van der Waals surface area contributed by atoms with E-state index in [1.807, 2.05) is 36.4 Å². The highest BCUT2D eigenvalue weighted by molar-refractivity contribution is 6.08. The number of hydrogen-bond acceptors (Lipinski definition) is 1. The number of carbonyl (C=O) groups excluding carboxylic acids is 1. The van der Waals surface area contributed by atoms with Gasteiger partial charge in [0, 0.05) is 11.1 Å². The lowest BCUT2D eigenvalue weighted by molar-refractivity contribution is 0.103. The molecular weight excluding hydrogens is 244 g/mol. The minimum Gasteiger partial charge on any atom is -0.289 e. The lowest BCUT2D eigenvalue weighted by Crippen LogP contribution is -2.02. The van der Waals surface area contributed by atoms with Crippen LogP contribution in [0.1, 0.15) is 47.8 Å². The molecule has 0 bridgehead atoms. The standard InChI is InChI=1S/C19H22O/c1-4-15-5-9-17(10-6-15)19(20)18-11-7-16(8-12-18)13-14(2)3/h5-12,14H,4,13H2,1-3H3. The molecule has 0 saturated heterocycles. The molecule has 0 unspecified atom stereocenters. The topological polar surface area (TPSA) is 17.1 Å². The molecule has 2 rings (SSSR count). The van der Waals surface area contributed by atoms with Crippen LogP contribution in [0, 0.1) is 5.92 Å². The van der Waals surface area contributed by atoms with E-state index in [0.717, 1.165) is 24.0 Å². The Labute approximate surface area is 121 Å². The molecule has 104 valence electrons. The first-order valence-corrected chi connectivity index (χ1v) is 7.32. The Morgan fingerprint density at radius 1 is 0.850 bits per heavy atom. The van der Waals surface area contributed by atoms with Gasteiger partial charge in [-0.2, -0.15) is 0 Å². The number of rotatable bonds is 5. The average Bonchev–Trinajstić information content (AvgIpc) is 2.47. The molecule has 0 spiro atoms. The molecule has 0 amide bonds. The zero-order chi connectivity index (χ0) is 14.5. The predicted octanol–water partition coefficient (Wildman–Crippen LogP) is 4.68. The van der Waals surface area contributed by atoms with Crippen LogP contribution in [-0.2, 0) is 12.8 Å². The number of ketones is 1. The first-order chi connectivity index (χ1) is 9.60. The number of aryl methyl sites for hydroxylation is 1. The highest BCUT2D eigenvalue weighted by Gasteiger charge is 2.09. The highest BCUT2D eigenvalue weighted by atomic mass is 16.1. The molecule has 0 radical (unpaired) electrons. The largest absolute Gasteiger partial charge is 0.289 e. The Morgan fingerprint density at radius 3 is 1.70 bits per heavy atom. The van der Waals surface area contributed by atoms with Crippen molar-refractivity contribution >= 4 is 5.78 Å². The molecule has 0 aliphatic heterocycles. The van der Waals surface area contributed by atoms with E-state index in [4.69, 9.17) is 0 Å². The molecule has 2 aromatic rings. The Kier molecular flexibility index (Phi) is 4.73. The second-order valence-corrected chi connectivity index (χ2v) is 5.67. The third-order valence-electron chi connectivity index (χ3n) is 3.48. The summed E-state index contributed by atoms with van der Waals surface area (Å²) < 4.78 is 0. The summed E-state index contributed by atoms with van der Waals surface area (Å²) in [6.45, 7) is 6.52. The summed E-state index contributed by atoms with van der Waals surface area (Å²) in [6.07, 6.45) is 2.05. The smallest absolute Gasteiger partial charge is 0.193 e. The second-order valence-electron chi connectivity index (χ2n) is 5.67. The van der Waals surface area contributed by atoms with Crippen molar-refractivity contribution in [3.8, 4) is 0 Å². The van der Waals surface area contributed by atoms with E-state index in [-0.39, 0.29) is 5.78 Å². The van der Waals surface area contributed by atoms with Crippen LogP contribution >= 0.6 is 0 Å². The summed E-state index contributed by atoms with van der Waals surface area (Å²) in [5.41, 5.74) is 4.08. The monoisotopic (exact) mass is 266 g/mol. The van der Waals surface area contributed by atoms with Gasteiger partial charge in [-0.15, -0.1) is 0 Å². The minimum absolute atomic E-state index is 0.101. The van der Waals surface area contributed by atoms with Gasteiger partial charge < -0.3 is 0 Å². The van der Waals surface area contributed by atoms with Gasteiger partial charge in [-0.25, -0.2) is 0 Å². The maximum Gasteiger partial charge on any atom is 0.193 e. The third kappa shape index (κ3) is 3.57. The quantitative estimate of drug-likeness (QED) is 0.718. The Balaban J connectivity index is 2.15. The maximum absolute atomic E-state index is 12.4. The normalized spacial score (nSPS) is 10.8. The molecule has 0 aliphatic carbocycles. The van der Waals surface area contributed by atoms with Crippen LogP contribution in [0.3, 0.4) is 0 Å². The van der Waals surface area contributed by atoms with E-state index in [2.05, 4.69) is 32.9 Å². The van der Waals surface area contributed by atoms with Crippen molar-refractivity contribution in [2.24, 2.45) is 5.92 Å². The summed E-state index contributed by atoms with van der Waals surface area (Å²) in [5.74, 6) is 0.738. The van der Waals surface area contributed by atoms with Gasteiger partial charge in [-0.3, -0.25) is 4.79 Å². The zero-order valence-electron chi connectivity index (χ0n) is 12.5. The summed E-state index contributed by atoms with van der Waals surface area (Å²) in [5, 5.41) is 0. The van der Waals surface area contributed by atoms with E-state index in [1.54, 1.807) is 0 Å². The lowest BCUT2D eigenvalue weighted by Gasteiger charge is -2.06. The summed E-state index contributed by atoms with van der Waals surface area (Å²) in [7, 11) is 0. The third-order valence-corrected chi connectivity index (χ3v) is 3.48. The molecule has 0 aromatic heterocycles. The van der Waals surface area contributed by atoms with Crippen molar-refractivity contribution in [3.63, 3.8) is 0 Å². The molecule has 1 heteroatoms. The van der Waals surface area contributed by atoms with Crippen LogP contribution in [0.15, 0.2) is 48.5 Å². The molecule has 0 aliphatic rings. The van der Waals surface area contributed by atoms with Gasteiger partial charge in [0.2, 0.25) is 0 Å². The molecular formula is C19H22O. The zero-order valence-corrected chi connectivity index (χ0v) is 12.5. The summed E-state index contributed by atoms with van der Waals surface area (Å²) in [4.78, 5) is 12.4. The van der Waals surface area contributed by atoms with Crippen molar-refractivity contribution in [2.75, 3.05) is 0 Å². The summed E-state index contributed by atoms with van der Waals surface area (Å²) >= 11 is 0. The van der Waals surface area contributed by atoms with Gasteiger partial charge in [0.15, 0.2) is 5.78 Å². The molecule has 20 heavy (non-hydrogen) atoms. The van der Waals surface area contributed by atoms with Gasteiger partial charge in [0.25, 0.3) is 0 Å². The average molecular weight is 266 g/mol. The molecule has 0 saturated carbocycles. The van der Waals surface area contributed by atoms with E-state index in [0.29, 0.717) is 5.92 Å². The lowest BCUT2D eigenvalue weighted by atomic mass is 9.98. The number of hydrogen-bond donors (Lipinski definition) is 0. The van der Waals surface area contributed by atoms with Crippen molar-refractivity contribution in [1.29, 1.82) is 0 Å². The molecule has 1 nitrogen and oxygen atoms in total. The van der Waals surface area contributed by atoms with E-state index in [1.165, 1.54) is 11.1 Å². The van der Waals surface area contributed by atoms with E-state index < -0.39 is 0 Å². The van der Waals surface area contributed by atoms with Gasteiger partial charge in [-0.1, -0.05) is 69.3 Å². The predicted molar refractivity (Wildman–Crippen MR) is 84.2 cm³/mol. The molecule has 0 heterocycles. The van der Waals surface area contributed by atoms with Crippen molar-refractivity contribution in [2.45, 2.75) is 33.6 Å². The summed E-state index contributed by atoms with van der Waals surface area (Å²) in [6, 6.07) is 15.9. The van der Waals surface area contributed by atoms with Crippen molar-refractivity contribution < 1.29 is 4.79 Å². The van der Waals surface area contributed by atoms with Gasteiger partial charge in [0.1, 0.15) is 0 Å². The van der Waals surface area contributed by atoms with Crippen LogP contribution in [0.2, 0.25) is 0 Å². The second kappa shape index (κ2) is 6.51. The highest BCUT2D eigenvalue weighted by Crippen LogP contribution is 2.14. The SMILES string of the molecule is CCc1ccc(C(=O)c2ccc(CC(C)C)cc2)cc1. The van der Waals surface area contributed by atoms with Crippen molar-refractivity contribution in [1.82, 2.24) is 0 Å².